The van der Waals surface area contributed by atoms with Crippen molar-refractivity contribution >= 4 is 197 Å². The lowest BCUT2D eigenvalue weighted by atomic mass is 9.85. The van der Waals surface area contributed by atoms with Crippen molar-refractivity contribution in [3.63, 3.8) is 0 Å². The number of fused-ring (bicyclic) bond motifs is 30. The predicted octanol–water partition coefficient (Wildman–Crippen LogP) is 29.9. The summed E-state index contributed by atoms with van der Waals surface area (Å²) in [6, 6.07) is 139. The third-order valence-corrected chi connectivity index (χ3v) is 29.5. The molecule has 0 unspecified atom stereocenters. The molecule has 18 heteroatoms. The van der Waals surface area contributed by atoms with E-state index >= 15 is 0 Å². The zero-order valence-corrected chi connectivity index (χ0v) is 76.6. The van der Waals surface area contributed by atoms with Crippen LogP contribution < -0.4 is 0 Å². The smallest absolute Gasteiger partial charge is 0.120 e. The Bertz CT molecular complexity index is 9750. The van der Waals surface area contributed by atoms with Crippen LogP contribution in [0.1, 0.15) is 0 Å². The van der Waals surface area contributed by atoms with Gasteiger partial charge in [-0.1, -0.05) is 206 Å². The molecule has 144 heavy (non-hydrogen) atoms. The number of nitrogens with zero attached hydrogens (tertiary/aromatic N) is 18. The lowest BCUT2D eigenvalue weighted by molar-refractivity contribution is 1.16. The molecule has 0 radical (unpaired) electrons. The highest BCUT2D eigenvalue weighted by molar-refractivity contribution is 6.22. The first-order valence-electron chi connectivity index (χ1n) is 48.2. The molecule has 0 bridgehead atoms. The molecule has 0 spiro atoms. The van der Waals surface area contributed by atoms with E-state index in [0.717, 1.165) is 178 Å². The average Bonchev–Trinajstić information content (AvgIpc) is 1.59. The van der Waals surface area contributed by atoms with Crippen LogP contribution in [0.15, 0.2) is 438 Å². The molecule has 0 saturated carbocycles. The fourth-order valence-corrected chi connectivity index (χ4v) is 23.2. The van der Waals surface area contributed by atoms with Gasteiger partial charge in [0.15, 0.2) is 0 Å². The molecule has 31 rings (SSSR count). The van der Waals surface area contributed by atoms with Crippen molar-refractivity contribution in [3.8, 4) is 101 Å². The number of aromatic nitrogens is 18. The molecule has 0 saturated heterocycles. The summed E-state index contributed by atoms with van der Waals surface area (Å²) in [5.41, 5.74) is 37.7. The van der Waals surface area contributed by atoms with Crippen LogP contribution >= 0.6 is 0 Å². The van der Waals surface area contributed by atoms with Crippen LogP contribution in [0.5, 0.6) is 0 Å². The van der Waals surface area contributed by atoms with Crippen LogP contribution in [0, 0.1) is 0 Å². The Hall–Kier alpha value is -20.0. The van der Waals surface area contributed by atoms with E-state index in [1.54, 1.807) is 49.6 Å². The van der Waals surface area contributed by atoms with Gasteiger partial charge in [-0.2, -0.15) is 0 Å². The first kappa shape index (κ1) is 79.1. The minimum atomic E-state index is 0.580. The SMILES string of the molecule is c1cc(-c2cnc3c4nccnc4c4nccnc4c3n2)cc(-c2cc(-c3ccc(-n4c5ccc(-n6c7ccccc7c7ccccc76)cc5c5cc(-n6c7ccccc7c7ccccc76)ccc54)cc3)c(-c3cccc(-c4cnc5c6nccnc6c6nccnc6c5n4)c3)cc2-c2ccc(-n3c4ccc(-n5c6ccccc6c6ccccc65)cc4c4cc(-n5c6ccccc6c6ccccc65)ccc43)cc2)c1. The summed E-state index contributed by atoms with van der Waals surface area (Å²) in [4.78, 5) is 59.8. The van der Waals surface area contributed by atoms with Crippen LogP contribution in [0.4, 0.5) is 0 Å². The van der Waals surface area contributed by atoms with Crippen LogP contribution in [-0.4, -0.2) is 87.2 Å². The normalized spacial score (nSPS) is 12.2. The van der Waals surface area contributed by atoms with Crippen LogP contribution in [0.3, 0.4) is 0 Å². The predicted molar refractivity (Wildman–Crippen MR) is 584 cm³/mol. The summed E-state index contributed by atoms with van der Waals surface area (Å²) in [5.74, 6) is 0. The van der Waals surface area contributed by atoms with Gasteiger partial charge in [-0.05, 0) is 214 Å². The molecule has 19 aromatic carbocycles. The zero-order chi connectivity index (χ0) is 94.0. The van der Waals surface area contributed by atoms with Gasteiger partial charge in [0, 0.05) is 159 Å². The number of rotatable bonds is 12. The van der Waals surface area contributed by atoms with Gasteiger partial charge < -0.3 is 27.4 Å². The molecule has 0 atom stereocenters. The average molecular weight is 1840 g/mol. The van der Waals surface area contributed by atoms with E-state index in [1.807, 2.05) is 12.4 Å². The summed E-state index contributed by atoms with van der Waals surface area (Å²) in [6.45, 7) is 0. The van der Waals surface area contributed by atoms with Gasteiger partial charge in [0.1, 0.15) is 66.2 Å². The highest BCUT2D eigenvalue weighted by atomic mass is 15.0. The van der Waals surface area contributed by atoms with Gasteiger partial charge in [-0.15, -0.1) is 0 Å². The van der Waals surface area contributed by atoms with Crippen molar-refractivity contribution in [2.24, 2.45) is 0 Å². The molecule has 0 aliphatic rings. The second-order valence-corrected chi connectivity index (χ2v) is 37.1. The van der Waals surface area contributed by atoms with Gasteiger partial charge >= 0.3 is 0 Å². The van der Waals surface area contributed by atoms with E-state index in [0.29, 0.717) is 77.6 Å². The van der Waals surface area contributed by atoms with Crippen LogP contribution in [0.25, 0.3) is 298 Å². The molecule has 18 nitrogen and oxygen atoms in total. The fourth-order valence-electron chi connectivity index (χ4n) is 23.2. The lowest BCUT2D eigenvalue weighted by Gasteiger charge is -2.20. The monoisotopic (exact) mass is 1840 g/mol. The molecule has 0 aliphatic carbocycles. The van der Waals surface area contributed by atoms with Crippen LogP contribution in [-0.2, 0) is 0 Å². The van der Waals surface area contributed by atoms with E-state index < -0.39 is 0 Å². The number of hydrogen-bond donors (Lipinski definition) is 0. The van der Waals surface area contributed by atoms with Gasteiger partial charge in [0.2, 0.25) is 0 Å². The molecule has 0 N–H and O–H groups in total. The van der Waals surface area contributed by atoms with Crippen LogP contribution in [0.2, 0.25) is 0 Å². The standard InChI is InChI=1S/C126H72N18/c1-9-31-103-85(23-1)86-24-2-10-32-104(86)141(103)81-47-51-111-97(65-81)98-66-82(142-105-33-11-3-25-87(105)88-26-4-12-34-106(88)142)48-52-112(98)139(111)79-43-39-73(40-44-79)93-69-96(76-20-18-22-78(64-76)102-72-136-124-120-116(128-56-58-132-120)118-122(126(124)138-102)134-62-60-130-118)94(70-95(93)75-19-17-21-77(63-75)101-71-135-123-119-115(127-55-57-131-119)117-121(125(123)137-101)133-61-59-129-117)74-41-45-80(46-42-74)140-113-53-49-83(143-107-35-13-5-27-89(107)90-28-6-14-36-108(90)143)67-99(113)100-68-84(50-54-114(100)140)144-109-37-15-7-29-91(109)92-30-8-16-38-110(92)144/h1-72H. The van der Waals surface area contributed by atoms with E-state index in [1.165, 1.54) is 43.1 Å². The topological polar surface area (TPSA) is 184 Å². The number of para-hydroxylation sites is 8. The Morgan fingerprint density at radius 2 is 0.333 bits per heavy atom. The van der Waals surface area contributed by atoms with Crippen molar-refractivity contribution in [2.45, 2.75) is 0 Å². The van der Waals surface area contributed by atoms with E-state index in [9.17, 15) is 0 Å². The van der Waals surface area contributed by atoms with Gasteiger partial charge in [-0.25, -0.2) is 19.9 Å². The lowest BCUT2D eigenvalue weighted by Crippen LogP contribution is -1.98. The minimum absolute atomic E-state index is 0.580. The van der Waals surface area contributed by atoms with E-state index in [2.05, 4.69) is 404 Å². The molecule has 12 aromatic heterocycles. The quantitative estimate of drug-likeness (QED) is 0.106. The van der Waals surface area contributed by atoms with Crippen molar-refractivity contribution < 1.29 is 0 Å². The minimum Gasteiger partial charge on any atom is -0.309 e. The summed E-state index contributed by atoms with van der Waals surface area (Å²) >= 11 is 0. The first-order valence-corrected chi connectivity index (χ1v) is 48.2. The largest absolute Gasteiger partial charge is 0.309 e. The molecular weight excluding hydrogens is 1770 g/mol. The Morgan fingerprint density at radius 3 is 0.590 bits per heavy atom. The zero-order valence-electron chi connectivity index (χ0n) is 76.6. The van der Waals surface area contributed by atoms with Crippen molar-refractivity contribution in [3.05, 3.63) is 438 Å². The van der Waals surface area contributed by atoms with Gasteiger partial charge in [0.05, 0.1) is 90.0 Å². The summed E-state index contributed by atoms with van der Waals surface area (Å²) < 4.78 is 14.6. The molecule has 0 fully saturated rings. The summed E-state index contributed by atoms with van der Waals surface area (Å²) in [5, 5.41) is 14.2. The number of benzene rings is 19. The number of hydrogen-bond acceptors (Lipinski definition) is 12. The van der Waals surface area contributed by atoms with E-state index in [4.69, 9.17) is 59.8 Å². The molecular formula is C126H72N18. The molecule has 12 heterocycles. The summed E-state index contributed by atoms with van der Waals surface area (Å²) in [6.07, 6.45) is 17.1. The molecule has 0 aliphatic heterocycles. The maximum atomic E-state index is 5.48. The van der Waals surface area contributed by atoms with E-state index in [-0.39, 0.29) is 0 Å². The molecule has 31 aromatic rings. The first-order chi connectivity index (χ1) is 71.4. The highest BCUT2D eigenvalue weighted by Crippen LogP contribution is 2.49. The molecule has 666 valence electrons. The molecule has 0 amide bonds. The Morgan fingerprint density at radius 1 is 0.132 bits per heavy atom. The summed E-state index contributed by atoms with van der Waals surface area (Å²) in [7, 11) is 0. The van der Waals surface area contributed by atoms with Crippen molar-refractivity contribution in [2.75, 3.05) is 0 Å². The van der Waals surface area contributed by atoms with Crippen molar-refractivity contribution in [1.82, 2.24) is 87.2 Å². The van der Waals surface area contributed by atoms with Crippen molar-refractivity contribution in [1.29, 1.82) is 0 Å². The second-order valence-electron chi connectivity index (χ2n) is 37.1. The third kappa shape index (κ3) is 11.7. The third-order valence-electron chi connectivity index (χ3n) is 29.5. The maximum absolute atomic E-state index is 5.48. The van der Waals surface area contributed by atoms with Gasteiger partial charge in [0.25, 0.3) is 0 Å². The fraction of sp³-hybridized carbons (Fsp3) is 0. The Balaban J connectivity index is 0.625. The highest BCUT2D eigenvalue weighted by Gasteiger charge is 2.28. The maximum Gasteiger partial charge on any atom is 0.120 e. The van der Waals surface area contributed by atoms with Gasteiger partial charge in [-0.3, -0.25) is 39.9 Å². The Labute approximate surface area is 818 Å². The second kappa shape index (κ2) is 30.8. The Kier molecular flexibility index (Phi) is 16.9.